The minimum absolute atomic E-state index is 0.303. The van der Waals surface area contributed by atoms with E-state index in [1.165, 1.54) is 0 Å². The number of hydrogen-bond acceptors (Lipinski definition) is 7. The number of carbonyl (C=O) groups is 3. The van der Waals surface area contributed by atoms with Crippen molar-refractivity contribution >= 4 is 34.5 Å². The molecule has 3 amide bonds. The smallest absolute Gasteiger partial charge is 0.340 e. The van der Waals surface area contributed by atoms with Crippen LogP contribution in [-0.2, 0) is 9.53 Å². The van der Waals surface area contributed by atoms with Crippen LogP contribution in [0.3, 0.4) is 0 Å². The number of carbonyl (C=O) groups excluding carboxylic acids is 3. The lowest BCUT2D eigenvalue weighted by molar-refractivity contribution is -0.123. The van der Waals surface area contributed by atoms with Gasteiger partial charge in [0.1, 0.15) is 13.2 Å². The van der Waals surface area contributed by atoms with E-state index in [1.807, 2.05) is 24.3 Å². The molecule has 1 aliphatic heterocycles. The average molecular weight is 435 g/mol. The maximum absolute atomic E-state index is 12.6. The van der Waals surface area contributed by atoms with Crippen molar-refractivity contribution in [2.45, 2.75) is 13.8 Å². The van der Waals surface area contributed by atoms with Crippen LogP contribution in [-0.4, -0.2) is 42.7 Å². The molecule has 32 heavy (non-hydrogen) atoms. The number of esters is 1. The standard InChI is InChI=1S/C23H21N3O6/c1-13-16-5-3-4-6-17(16)24-14(2)21(13)22(28)32-12-20(27)26-23(29)25-15-7-8-18-19(11-15)31-10-9-30-18/h3-8,11H,9-10,12H2,1-2H3,(H2,25,26,27,29). The molecule has 1 aliphatic rings. The summed E-state index contributed by atoms with van der Waals surface area (Å²) < 4.78 is 16.0. The molecule has 0 aliphatic carbocycles. The molecule has 164 valence electrons. The normalized spacial score (nSPS) is 12.2. The van der Waals surface area contributed by atoms with E-state index in [0.29, 0.717) is 41.7 Å². The third kappa shape index (κ3) is 4.46. The molecule has 0 fully saturated rings. The summed E-state index contributed by atoms with van der Waals surface area (Å²) in [4.78, 5) is 41.2. The number of pyridine rings is 1. The van der Waals surface area contributed by atoms with Crippen molar-refractivity contribution in [1.29, 1.82) is 0 Å². The zero-order valence-electron chi connectivity index (χ0n) is 17.6. The molecular weight excluding hydrogens is 414 g/mol. The van der Waals surface area contributed by atoms with E-state index in [1.54, 1.807) is 32.0 Å². The van der Waals surface area contributed by atoms with E-state index < -0.39 is 24.5 Å². The molecule has 0 radical (unpaired) electrons. The van der Waals surface area contributed by atoms with E-state index in [9.17, 15) is 14.4 Å². The van der Waals surface area contributed by atoms with Crippen LogP contribution >= 0.6 is 0 Å². The Bertz CT molecular complexity index is 1220. The fourth-order valence-corrected chi connectivity index (χ4v) is 3.48. The summed E-state index contributed by atoms with van der Waals surface area (Å²) in [7, 11) is 0. The molecule has 2 heterocycles. The van der Waals surface area contributed by atoms with E-state index in [0.717, 1.165) is 16.5 Å². The van der Waals surface area contributed by atoms with Crippen LogP contribution in [0.1, 0.15) is 21.6 Å². The van der Waals surface area contributed by atoms with Crippen LogP contribution in [0.2, 0.25) is 0 Å². The molecule has 0 atom stereocenters. The molecule has 1 aromatic heterocycles. The van der Waals surface area contributed by atoms with Crippen LogP contribution in [0.15, 0.2) is 42.5 Å². The van der Waals surface area contributed by atoms with E-state index >= 15 is 0 Å². The number of aromatic nitrogens is 1. The number of nitrogens with zero attached hydrogens (tertiary/aromatic N) is 1. The Morgan fingerprint density at radius 1 is 1.03 bits per heavy atom. The van der Waals surface area contributed by atoms with Crippen LogP contribution in [0.5, 0.6) is 11.5 Å². The van der Waals surface area contributed by atoms with Gasteiger partial charge in [-0.05, 0) is 37.6 Å². The van der Waals surface area contributed by atoms with E-state index in [-0.39, 0.29) is 0 Å². The van der Waals surface area contributed by atoms with Gasteiger partial charge in [0.05, 0.1) is 16.8 Å². The Balaban J connectivity index is 1.34. The molecule has 0 spiro atoms. The van der Waals surface area contributed by atoms with Gasteiger partial charge in [0, 0.05) is 17.1 Å². The predicted octanol–water partition coefficient (Wildman–Crippen LogP) is 3.13. The fourth-order valence-electron chi connectivity index (χ4n) is 3.48. The van der Waals surface area contributed by atoms with Gasteiger partial charge in [0.2, 0.25) is 0 Å². The molecule has 9 heteroatoms. The summed E-state index contributed by atoms with van der Waals surface area (Å²) in [5.41, 5.74) is 2.72. The number of amides is 3. The first kappa shape index (κ1) is 21.1. The highest BCUT2D eigenvalue weighted by molar-refractivity contribution is 6.03. The number of aryl methyl sites for hydroxylation is 2. The Kier molecular flexibility index (Phi) is 5.89. The van der Waals surface area contributed by atoms with Gasteiger partial charge < -0.3 is 19.5 Å². The molecule has 0 bridgehead atoms. The fraction of sp³-hybridized carbons (Fsp3) is 0.217. The summed E-state index contributed by atoms with van der Waals surface area (Å²) in [6.07, 6.45) is 0. The Hall–Kier alpha value is -4.14. The first-order chi connectivity index (χ1) is 15.4. The quantitative estimate of drug-likeness (QED) is 0.605. The summed E-state index contributed by atoms with van der Waals surface area (Å²) in [6.45, 7) is 3.77. The molecule has 3 aromatic rings. The zero-order chi connectivity index (χ0) is 22.7. The molecule has 2 aromatic carbocycles. The minimum atomic E-state index is -0.766. The summed E-state index contributed by atoms with van der Waals surface area (Å²) >= 11 is 0. The van der Waals surface area contributed by atoms with Crippen molar-refractivity contribution in [2.24, 2.45) is 0 Å². The summed E-state index contributed by atoms with van der Waals surface area (Å²) in [6, 6.07) is 11.6. The van der Waals surface area contributed by atoms with Crippen molar-refractivity contribution in [3.63, 3.8) is 0 Å². The van der Waals surface area contributed by atoms with Crippen LogP contribution in [0, 0.1) is 13.8 Å². The number of nitrogens with one attached hydrogen (secondary N) is 2. The highest BCUT2D eigenvalue weighted by Gasteiger charge is 2.20. The monoisotopic (exact) mass is 435 g/mol. The number of para-hydroxylation sites is 1. The number of hydrogen-bond donors (Lipinski definition) is 2. The number of rotatable bonds is 4. The third-order valence-electron chi connectivity index (χ3n) is 4.92. The van der Waals surface area contributed by atoms with Gasteiger partial charge in [0.25, 0.3) is 5.91 Å². The maximum Gasteiger partial charge on any atom is 0.340 e. The van der Waals surface area contributed by atoms with Gasteiger partial charge >= 0.3 is 12.0 Å². The predicted molar refractivity (Wildman–Crippen MR) is 116 cm³/mol. The average Bonchev–Trinajstić information content (AvgIpc) is 2.77. The molecule has 0 unspecified atom stereocenters. The van der Waals surface area contributed by atoms with Gasteiger partial charge in [-0.1, -0.05) is 18.2 Å². The highest BCUT2D eigenvalue weighted by atomic mass is 16.6. The Morgan fingerprint density at radius 2 is 1.78 bits per heavy atom. The third-order valence-corrected chi connectivity index (χ3v) is 4.92. The molecule has 0 saturated carbocycles. The van der Waals surface area contributed by atoms with Crippen LogP contribution in [0.4, 0.5) is 10.5 Å². The van der Waals surface area contributed by atoms with Crippen LogP contribution in [0.25, 0.3) is 10.9 Å². The second kappa shape index (κ2) is 8.93. The van der Waals surface area contributed by atoms with Crippen LogP contribution < -0.4 is 20.1 Å². The van der Waals surface area contributed by atoms with Crippen molar-refractivity contribution < 1.29 is 28.6 Å². The molecule has 2 N–H and O–H groups in total. The summed E-state index contributed by atoms with van der Waals surface area (Å²) in [5.74, 6) is -0.360. The molecular formula is C23H21N3O6. The van der Waals surface area contributed by atoms with Gasteiger partial charge in [-0.2, -0.15) is 0 Å². The largest absolute Gasteiger partial charge is 0.486 e. The highest BCUT2D eigenvalue weighted by Crippen LogP contribution is 2.32. The van der Waals surface area contributed by atoms with E-state index in [2.05, 4.69) is 15.6 Å². The lowest BCUT2D eigenvalue weighted by Gasteiger charge is -2.19. The number of fused-ring (bicyclic) bond motifs is 2. The van der Waals surface area contributed by atoms with Crippen molar-refractivity contribution in [3.8, 4) is 11.5 Å². The van der Waals surface area contributed by atoms with Gasteiger partial charge in [-0.3, -0.25) is 15.1 Å². The van der Waals surface area contributed by atoms with Crippen molar-refractivity contribution in [1.82, 2.24) is 10.3 Å². The second-order valence-electron chi connectivity index (χ2n) is 7.15. The number of imide groups is 1. The van der Waals surface area contributed by atoms with E-state index in [4.69, 9.17) is 14.2 Å². The number of anilines is 1. The molecule has 0 saturated heterocycles. The van der Waals surface area contributed by atoms with Gasteiger partial charge in [0.15, 0.2) is 18.1 Å². The second-order valence-corrected chi connectivity index (χ2v) is 7.15. The number of ether oxygens (including phenoxy) is 3. The molecule has 9 nitrogen and oxygen atoms in total. The first-order valence-electron chi connectivity index (χ1n) is 9.96. The number of benzene rings is 2. The zero-order valence-corrected chi connectivity index (χ0v) is 17.6. The van der Waals surface area contributed by atoms with Crippen molar-refractivity contribution in [2.75, 3.05) is 25.1 Å². The number of urea groups is 1. The molecule has 4 rings (SSSR count). The van der Waals surface area contributed by atoms with Crippen molar-refractivity contribution in [3.05, 3.63) is 59.3 Å². The lowest BCUT2D eigenvalue weighted by atomic mass is 10.0. The minimum Gasteiger partial charge on any atom is -0.486 e. The summed E-state index contributed by atoms with van der Waals surface area (Å²) in [5, 5.41) is 5.47. The Labute approximate surface area is 183 Å². The maximum atomic E-state index is 12.6. The lowest BCUT2D eigenvalue weighted by Crippen LogP contribution is -2.37. The van der Waals surface area contributed by atoms with Gasteiger partial charge in [-0.25, -0.2) is 9.59 Å². The Morgan fingerprint density at radius 3 is 2.59 bits per heavy atom. The topological polar surface area (TPSA) is 116 Å². The SMILES string of the molecule is Cc1nc2ccccc2c(C)c1C(=O)OCC(=O)NC(=O)Nc1ccc2c(c1)OCCO2. The first-order valence-corrected chi connectivity index (χ1v) is 9.96. The van der Waals surface area contributed by atoms with Gasteiger partial charge in [-0.15, -0.1) is 0 Å².